The van der Waals surface area contributed by atoms with Crippen LogP contribution >= 0.6 is 23.2 Å². The van der Waals surface area contributed by atoms with E-state index in [1.807, 2.05) is 0 Å². The summed E-state index contributed by atoms with van der Waals surface area (Å²) in [5, 5.41) is 0. The van der Waals surface area contributed by atoms with Gasteiger partial charge >= 0.3 is 0 Å². The smallest absolute Gasteiger partial charge is 0.122 e. The highest BCUT2D eigenvalue weighted by Crippen LogP contribution is 2.21. The third-order valence-electron chi connectivity index (χ3n) is 5.02. The van der Waals surface area contributed by atoms with Gasteiger partial charge in [-0.1, -0.05) is 0 Å². The van der Waals surface area contributed by atoms with Crippen molar-refractivity contribution in [3.63, 3.8) is 0 Å². The van der Waals surface area contributed by atoms with Gasteiger partial charge in [-0.25, -0.2) is 9.68 Å². The molecule has 8 heteroatoms. The quantitative estimate of drug-likeness (QED) is 0.110. The van der Waals surface area contributed by atoms with E-state index in [9.17, 15) is 0 Å². The molecule has 0 amide bonds. The van der Waals surface area contributed by atoms with Crippen LogP contribution in [0.4, 0.5) is 0 Å². The van der Waals surface area contributed by atoms with Crippen molar-refractivity contribution in [2.75, 3.05) is 64.2 Å². The van der Waals surface area contributed by atoms with Crippen LogP contribution in [0.15, 0.2) is 0 Å². The molecule has 2 rings (SSSR count). The summed E-state index contributed by atoms with van der Waals surface area (Å²) in [6.45, 7) is 8.19. The monoisotopic (exact) mass is 608 g/mol. The number of nitrogens with zero attached hydrogens (tertiary/aromatic N) is 2. The van der Waals surface area contributed by atoms with Crippen LogP contribution in [0.1, 0.15) is 38.5 Å². The number of hydrogen-bond acceptors (Lipinski definition) is 2. The Morgan fingerprint density at radius 2 is 1.04 bits per heavy atom. The van der Waals surface area contributed by atoms with Crippen molar-refractivity contribution in [1.29, 1.82) is 0 Å². The lowest BCUT2D eigenvalue weighted by Crippen LogP contribution is -3.00. The van der Waals surface area contributed by atoms with Crippen molar-refractivity contribution in [3.8, 4) is 0 Å². The standard InChI is InChI=1S/C16H32Cl2N2O2.2HI/c17-7-13-19(11-5-15-21-19)9-3-1-2-4-10-20(14-8-18)12-6-16-22-20;;/h1-16H2;2*1H/q+2;;/p-2. The number of rotatable bonds is 11. The summed E-state index contributed by atoms with van der Waals surface area (Å²) < 4.78 is 1.58. The summed E-state index contributed by atoms with van der Waals surface area (Å²) in [6.07, 6.45) is 7.35. The summed E-state index contributed by atoms with van der Waals surface area (Å²) in [7, 11) is 0. The van der Waals surface area contributed by atoms with Crippen molar-refractivity contribution >= 4 is 23.2 Å². The first-order valence-electron chi connectivity index (χ1n) is 8.87. The number of alkyl halides is 2. The van der Waals surface area contributed by atoms with Crippen molar-refractivity contribution < 1.29 is 66.9 Å². The lowest BCUT2D eigenvalue weighted by molar-refractivity contribution is -1.09. The third kappa shape index (κ3) is 8.27. The molecule has 4 nitrogen and oxygen atoms in total. The molecule has 0 radical (unpaired) electrons. The number of hydroxylamine groups is 6. The topological polar surface area (TPSA) is 18.5 Å². The minimum Gasteiger partial charge on any atom is -1.00 e. The number of quaternary nitrogens is 2. The molecule has 2 aliphatic rings. The van der Waals surface area contributed by atoms with E-state index in [4.69, 9.17) is 32.9 Å². The Kier molecular flexibility index (Phi) is 15.1. The molecule has 0 N–H and O–H groups in total. The highest BCUT2D eigenvalue weighted by atomic mass is 127. The maximum atomic E-state index is 5.93. The first kappa shape index (κ1) is 25.9. The second kappa shape index (κ2) is 14.0. The molecular formula is C16H32Cl2I2N2O2. The first-order valence-corrected chi connectivity index (χ1v) is 9.94. The minimum atomic E-state index is 0. The van der Waals surface area contributed by atoms with E-state index in [-0.39, 0.29) is 48.0 Å². The predicted octanol–water partition coefficient (Wildman–Crippen LogP) is -2.66. The second-order valence-corrected chi connectivity index (χ2v) is 7.38. The van der Waals surface area contributed by atoms with Gasteiger partial charge in [-0.05, 0) is 25.7 Å². The molecule has 2 heterocycles. The van der Waals surface area contributed by atoms with E-state index in [2.05, 4.69) is 0 Å². The van der Waals surface area contributed by atoms with E-state index in [0.717, 1.165) is 61.8 Å². The molecule has 2 aliphatic heterocycles. The van der Waals surface area contributed by atoms with Crippen LogP contribution in [-0.2, 0) is 9.68 Å². The average molecular weight is 609 g/mol. The zero-order valence-corrected chi connectivity index (χ0v) is 20.4. The van der Waals surface area contributed by atoms with Crippen LogP contribution in [-0.4, -0.2) is 73.5 Å². The van der Waals surface area contributed by atoms with Crippen molar-refractivity contribution in [2.45, 2.75) is 38.5 Å². The normalized spacial score (nSPS) is 29.2. The summed E-state index contributed by atoms with van der Waals surface area (Å²) in [5.74, 6) is 1.38. The van der Waals surface area contributed by atoms with E-state index in [0.29, 0.717) is 11.8 Å². The Morgan fingerprint density at radius 1 is 0.625 bits per heavy atom. The maximum absolute atomic E-state index is 5.93. The SMILES string of the molecule is ClCC[N+]1(CCCCCC[N+]2(CCCl)CCCO2)CCCO1.[I-].[I-]. The third-order valence-corrected chi connectivity index (χ3v) is 5.35. The van der Waals surface area contributed by atoms with Gasteiger partial charge in [0.25, 0.3) is 0 Å². The van der Waals surface area contributed by atoms with Crippen LogP contribution in [0.25, 0.3) is 0 Å². The van der Waals surface area contributed by atoms with Crippen LogP contribution in [0.3, 0.4) is 0 Å². The zero-order valence-electron chi connectivity index (χ0n) is 14.5. The fourth-order valence-corrected chi connectivity index (χ4v) is 4.36. The summed E-state index contributed by atoms with van der Waals surface area (Å²) >= 11 is 11.9. The molecule has 0 saturated carbocycles. The largest absolute Gasteiger partial charge is 1.00 e. The van der Waals surface area contributed by atoms with Crippen molar-refractivity contribution in [1.82, 2.24) is 0 Å². The Balaban J connectivity index is 0.00000264. The lowest BCUT2D eigenvalue weighted by Gasteiger charge is -2.30. The Morgan fingerprint density at radius 3 is 1.33 bits per heavy atom. The molecule has 2 unspecified atom stereocenters. The van der Waals surface area contributed by atoms with Crippen LogP contribution < -0.4 is 48.0 Å². The molecule has 2 saturated heterocycles. The molecule has 2 atom stereocenters. The Labute approximate surface area is 191 Å². The van der Waals surface area contributed by atoms with Crippen molar-refractivity contribution in [3.05, 3.63) is 0 Å². The molecule has 24 heavy (non-hydrogen) atoms. The van der Waals surface area contributed by atoms with Crippen LogP contribution in [0.5, 0.6) is 0 Å². The van der Waals surface area contributed by atoms with Gasteiger partial charge in [0.1, 0.15) is 52.5 Å². The second-order valence-electron chi connectivity index (χ2n) is 6.62. The molecule has 2 fully saturated rings. The molecule has 146 valence electrons. The van der Waals surface area contributed by atoms with Crippen molar-refractivity contribution in [2.24, 2.45) is 0 Å². The highest BCUT2D eigenvalue weighted by molar-refractivity contribution is 6.18. The first-order chi connectivity index (χ1) is 10.7. The predicted molar refractivity (Wildman–Crippen MR) is 90.8 cm³/mol. The molecule has 0 aromatic rings. The fraction of sp³-hybridized carbons (Fsp3) is 1.00. The van der Waals surface area contributed by atoms with E-state index >= 15 is 0 Å². The van der Waals surface area contributed by atoms with E-state index in [1.165, 1.54) is 38.5 Å². The van der Waals surface area contributed by atoms with E-state index in [1.54, 1.807) is 0 Å². The van der Waals surface area contributed by atoms with Gasteiger partial charge < -0.3 is 48.0 Å². The van der Waals surface area contributed by atoms with Gasteiger partial charge in [-0.2, -0.15) is 9.29 Å². The van der Waals surface area contributed by atoms with Gasteiger partial charge in [-0.3, -0.25) is 0 Å². The molecule has 0 aromatic heterocycles. The fourth-order valence-electron chi connectivity index (χ4n) is 3.74. The maximum Gasteiger partial charge on any atom is 0.122 e. The summed E-state index contributed by atoms with van der Waals surface area (Å²) in [5.41, 5.74) is 0. The minimum absolute atomic E-state index is 0. The summed E-state index contributed by atoms with van der Waals surface area (Å²) in [6, 6.07) is 0. The van der Waals surface area contributed by atoms with Crippen LogP contribution in [0, 0.1) is 0 Å². The number of halogens is 4. The summed E-state index contributed by atoms with van der Waals surface area (Å²) in [4.78, 5) is 11.9. The highest BCUT2D eigenvalue weighted by Gasteiger charge is 2.34. The zero-order chi connectivity index (χ0) is 15.7. The van der Waals surface area contributed by atoms with Gasteiger partial charge in [0, 0.05) is 12.8 Å². The molecular weight excluding hydrogens is 577 g/mol. The van der Waals surface area contributed by atoms with Crippen LogP contribution in [0.2, 0.25) is 0 Å². The van der Waals surface area contributed by atoms with Gasteiger partial charge in [0.2, 0.25) is 0 Å². The average Bonchev–Trinajstić information content (AvgIpc) is 3.14. The Hall–Kier alpha value is 1.88. The Bertz CT molecular complexity index is 286. The molecule has 0 aromatic carbocycles. The van der Waals surface area contributed by atoms with Gasteiger partial charge in [-0.15, -0.1) is 23.2 Å². The number of unbranched alkanes of at least 4 members (excludes halogenated alkanes) is 3. The molecule has 0 spiro atoms. The number of hydrogen-bond donors (Lipinski definition) is 0. The van der Waals surface area contributed by atoms with E-state index < -0.39 is 0 Å². The lowest BCUT2D eigenvalue weighted by atomic mass is 10.1. The van der Waals surface area contributed by atoms with Gasteiger partial charge in [0.05, 0.1) is 11.8 Å². The molecule has 0 aliphatic carbocycles. The van der Waals surface area contributed by atoms with Gasteiger partial charge in [0.15, 0.2) is 0 Å². The molecule has 0 bridgehead atoms.